The maximum absolute atomic E-state index is 13.9. The van der Waals surface area contributed by atoms with Gasteiger partial charge in [-0.15, -0.1) is 0 Å². The van der Waals surface area contributed by atoms with Crippen LogP contribution < -0.4 is 4.90 Å². The van der Waals surface area contributed by atoms with Gasteiger partial charge in [-0.2, -0.15) is 0 Å². The van der Waals surface area contributed by atoms with Crippen molar-refractivity contribution in [3.05, 3.63) is 65.5 Å². The summed E-state index contributed by atoms with van der Waals surface area (Å²) in [5.41, 5.74) is 2.23. The fourth-order valence-electron chi connectivity index (χ4n) is 2.81. The second kappa shape index (κ2) is 7.95. The molecule has 3 nitrogen and oxygen atoms in total. The van der Waals surface area contributed by atoms with E-state index in [2.05, 4.69) is 18.7 Å². The number of anilines is 1. The van der Waals surface area contributed by atoms with Gasteiger partial charge < -0.3 is 9.80 Å². The molecule has 4 heteroatoms. The van der Waals surface area contributed by atoms with Crippen molar-refractivity contribution in [2.75, 3.05) is 25.0 Å². The van der Waals surface area contributed by atoms with E-state index in [1.807, 2.05) is 31.2 Å². The third-order valence-corrected chi connectivity index (χ3v) is 4.50. The minimum atomic E-state index is -0.332. The monoisotopic (exact) mass is 328 g/mol. The highest BCUT2D eigenvalue weighted by Crippen LogP contribution is 2.24. The summed E-state index contributed by atoms with van der Waals surface area (Å²) in [7, 11) is 1.71. The first-order valence-corrected chi connectivity index (χ1v) is 8.36. The van der Waals surface area contributed by atoms with Gasteiger partial charge in [-0.05, 0) is 51.1 Å². The molecule has 0 N–H and O–H groups in total. The van der Waals surface area contributed by atoms with Gasteiger partial charge in [0.2, 0.25) is 0 Å². The maximum atomic E-state index is 13.9. The van der Waals surface area contributed by atoms with Crippen LogP contribution in [0.3, 0.4) is 0 Å². The molecule has 128 valence electrons. The van der Waals surface area contributed by atoms with Crippen molar-refractivity contribution in [1.29, 1.82) is 0 Å². The van der Waals surface area contributed by atoms with Crippen LogP contribution in [0.15, 0.2) is 48.5 Å². The molecule has 0 aliphatic carbocycles. The molecule has 0 aromatic heterocycles. The van der Waals surface area contributed by atoms with Gasteiger partial charge >= 0.3 is 0 Å². The average molecular weight is 328 g/mol. The molecule has 0 aliphatic heterocycles. The summed E-state index contributed by atoms with van der Waals surface area (Å²) in [4.78, 5) is 16.5. The lowest BCUT2D eigenvalue weighted by atomic mass is 10.1. The molecule has 0 saturated carbocycles. The summed E-state index contributed by atoms with van der Waals surface area (Å²) in [5, 5.41) is 0. The SMILES string of the molecule is CCN(CC)c1ccc(C(=O)N(C)C(C)c2ccccc2F)cc1. The summed E-state index contributed by atoms with van der Waals surface area (Å²) < 4.78 is 13.9. The molecule has 24 heavy (non-hydrogen) atoms. The molecule has 2 rings (SSSR count). The van der Waals surface area contributed by atoms with Crippen molar-refractivity contribution in [3.8, 4) is 0 Å². The molecule has 1 atom stereocenters. The van der Waals surface area contributed by atoms with Gasteiger partial charge in [0.1, 0.15) is 5.82 Å². The molecule has 0 aliphatic rings. The molecule has 2 aromatic carbocycles. The number of nitrogens with zero attached hydrogens (tertiary/aromatic N) is 2. The Bertz CT molecular complexity index is 680. The Balaban J connectivity index is 2.17. The lowest BCUT2D eigenvalue weighted by Gasteiger charge is -2.26. The maximum Gasteiger partial charge on any atom is 0.254 e. The first kappa shape index (κ1) is 18.0. The third kappa shape index (κ3) is 3.75. The Morgan fingerprint density at radius 3 is 2.17 bits per heavy atom. The van der Waals surface area contributed by atoms with Gasteiger partial charge in [-0.25, -0.2) is 4.39 Å². The van der Waals surface area contributed by atoms with Crippen LogP contribution in [0, 0.1) is 5.82 Å². The molecule has 0 radical (unpaired) electrons. The van der Waals surface area contributed by atoms with Gasteiger partial charge in [0.25, 0.3) is 5.91 Å². The van der Waals surface area contributed by atoms with Crippen molar-refractivity contribution in [3.63, 3.8) is 0 Å². The number of hydrogen-bond donors (Lipinski definition) is 0. The van der Waals surface area contributed by atoms with E-state index in [0.717, 1.165) is 18.8 Å². The van der Waals surface area contributed by atoms with Crippen molar-refractivity contribution < 1.29 is 9.18 Å². The Labute approximate surface area is 143 Å². The second-order valence-electron chi connectivity index (χ2n) is 5.83. The zero-order valence-electron chi connectivity index (χ0n) is 14.8. The van der Waals surface area contributed by atoms with Gasteiger partial charge in [0.15, 0.2) is 0 Å². The van der Waals surface area contributed by atoms with Crippen molar-refractivity contribution in [2.24, 2.45) is 0 Å². The predicted molar refractivity (Wildman–Crippen MR) is 96.9 cm³/mol. The zero-order chi connectivity index (χ0) is 17.7. The minimum Gasteiger partial charge on any atom is -0.372 e. The van der Waals surface area contributed by atoms with E-state index in [1.54, 1.807) is 30.1 Å². The molecular weight excluding hydrogens is 303 g/mol. The Kier molecular flexibility index (Phi) is 5.96. The zero-order valence-corrected chi connectivity index (χ0v) is 14.8. The molecular formula is C20H25FN2O. The Hall–Kier alpha value is -2.36. The van der Waals surface area contributed by atoms with Crippen molar-refractivity contribution in [1.82, 2.24) is 4.90 Å². The van der Waals surface area contributed by atoms with E-state index in [9.17, 15) is 9.18 Å². The first-order valence-electron chi connectivity index (χ1n) is 8.36. The number of carbonyl (C=O) groups is 1. The van der Waals surface area contributed by atoms with Gasteiger partial charge in [0.05, 0.1) is 6.04 Å². The van der Waals surface area contributed by atoms with Crippen molar-refractivity contribution >= 4 is 11.6 Å². The standard InChI is InChI=1S/C20H25FN2O/c1-5-23(6-2)17-13-11-16(12-14-17)20(24)22(4)15(3)18-9-7-8-10-19(18)21/h7-15H,5-6H2,1-4H3. The van der Waals surface area contributed by atoms with Gasteiger partial charge in [-0.3, -0.25) is 4.79 Å². The topological polar surface area (TPSA) is 23.6 Å². The molecule has 1 amide bonds. The van der Waals surface area contributed by atoms with Crippen LogP contribution in [-0.2, 0) is 0 Å². The summed E-state index contributed by atoms with van der Waals surface area (Å²) >= 11 is 0. The van der Waals surface area contributed by atoms with Crippen LogP contribution in [-0.4, -0.2) is 30.9 Å². The number of halogens is 1. The highest BCUT2D eigenvalue weighted by atomic mass is 19.1. The van der Waals surface area contributed by atoms with Crippen molar-refractivity contribution in [2.45, 2.75) is 26.8 Å². The van der Waals surface area contributed by atoms with Gasteiger partial charge in [-0.1, -0.05) is 18.2 Å². The molecule has 0 heterocycles. The van der Waals surface area contributed by atoms with Crippen LogP contribution in [0.1, 0.15) is 42.7 Å². The highest BCUT2D eigenvalue weighted by molar-refractivity contribution is 5.94. The van der Waals surface area contributed by atoms with Crippen LogP contribution >= 0.6 is 0 Å². The van der Waals surface area contributed by atoms with E-state index < -0.39 is 0 Å². The molecule has 0 fully saturated rings. The lowest BCUT2D eigenvalue weighted by molar-refractivity contribution is 0.0740. The normalized spacial score (nSPS) is 11.9. The van der Waals surface area contributed by atoms with Crippen LogP contribution in [0.25, 0.3) is 0 Å². The summed E-state index contributed by atoms with van der Waals surface area (Å²) in [6, 6.07) is 13.8. The number of rotatable bonds is 6. The number of hydrogen-bond acceptors (Lipinski definition) is 2. The van der Waals surface area contributed by atoms with E-state index in [-0.39, 0.29) is 17.8 Å². The Morgan fingerprint density at radius 1 is 1.04 bits per heavy atom. The molecule has 1 unspecified atom stereocenters. The predicted octanol–water partition coefficient (Wildman–Crippen LogP) is 4.51. The molecule has 0 spiro atoms. The third-order valence-electron chi connectivity index (χ3n) is 4.50. The average Bonchev–Trinajstić information content (AvgIpc) is 2.62. The summed E-state index contributed by atoms with van der Waals surface area (Å²) in [5.74, 6) is -0.404. The largest absolute Gasteiger partial charge is 0.372 e. The second-order valence-corrected chi connectivity index (χ2v) is 5.83. The minimum absolute atomic E-state index is 0.114. The van der Waals surface area contributed by atoms with Gasteiger partial charge in [0, 0.05) is 37.0 Å². The quantitative estimate of drug-likeness (QED) is 0.779. The number of carbonyl (C=O) groups excluding carboxylic acids is 1. The van der Waals surface area contributed by atoms with E-state index in [0.29, 0.717) is 11.1 Å². The number of amides is 1. The van der Waals surface area contributed by atoms with Crippen LogP contribution in [0.4, 0.5) is 10.1 Å². The molecule has 0 saturated heterocycles. The summed E-state index contributed by atoms with van der Waals surface area (Å²) in [6.45, 7) is 7.89. The van der Waals surface area contributed by atoms with E-state index >= 15 is 0 Å². The molecule has 2 aromatic rings. The molecule has 0 bridgehead atoms. The number of benzene rings is 2. The summed E-state index contributed by atoms with van der Waals surface area (Å²) in [6.07, 6.45) is 0. The van der Waals surface area contributed by atoms with E-state index in [1.165, 1.54) is 6.07 Å². The van der Waals surface area contributed by atoms with E-state index in [4.69, 9.17) is 0 Å². The lowest BCUT2D eigenvalue weighted by Crippen LogP contribution is -2.30. The Morgan fingerprint density at radius 2 is 1.62 bits per heavy atom. The van der Waals surface area contributed by atoms with Crippen LogP contribution in [0.5, 0.6) is 0 Å². The fourth-order valence-corrected chi connectivity index (χ4v) is 2.81. The van der Waals surface area contributed by atoms with Crippen LogP contribution in [0.2, 0.25) is 0 Å². The fraction of sp³-hybridized carbons (Fsp3) is 0.350. The smallest absolute Gasteiger partial charge is 0.254 e. The first-order chi connectivity index (χ1) is 11.5. The highest BCUT2D eigenvalue weighted by Gasteiger charge is 2.21.